The Morgan fingerprint density at radius 1 is 0.903 bits per heavy atom. The molecule has 0 fully saturated rings. The first-order valence-electron chi connectivity index (χ1n) is 9.51. The van der Waals surface area contributed by atoms with Gasteiger partial charge in [0.15, 0.2) is 11.5 Å². The highest BCUT2D eigenvalue weighted by molar-refractivity contribution is 7.92. The molecule has 31 heavy (non-hydrogen) atoms. The third kappa shape index (κ3) is 5.16. The van der Waals surface area contributed by atoms with Crippen LogP contribution in [-0.2, 0) is 14.8 Å². The highest BCUT2D eigenvalue weighted by Crippen LogP contribution is 2.30. The summed E-state index contributed by atoms with van der Waals surface area (Å²) < 4.78 is 38.2. The van der Waals surface area contributed by atoms with Gasteiger partial charge in [-0.2, -0.15) is 0 Å². The fraction of sp³-hybridized carbons (Fsp3) is 0.174. The highest BCUT2D eigenvalue weighted by Gasteiger charge is 2.27. The van der Waals surface area contributed by atoms with Crippen molar-refractivity contribution in [2.75, 3.05) is 30.4 Å². The maximum absolute atomic E-state index is 13.3. The number of anilines is 2. The summed E-state index contributed by atoms with van der Waals surface area (Å²) in [5.74, 6) is 0.481. The molecule has 0 radical (unpaired) electrons. The van der Waals surface area contributed by atoms with Crippen LogP contribution in [0.25, 0.3) is 0 Å². The Morgan fingerprint density at radius 3 is 2.26 bits per heavy atom. The maximum Gasteiger partial charge on any atom is 0.264 e. The molecular weight excluding hydrogens is 416 g/mol. The number of methoxy groups -OCH3 is 2. The van der Waals surface area contributed by atoms with Gasteiger partial charge in [-0.3, -0.25) is 9.10 Å². The van der Waals surface area contributed by atoms with Crippen molar-refractivity contribution < 1.29 is 22.7 Å². The van der Waals surface area contributed by atoms with Gasteiger partial charge in [0, 0.05) is 11.8 Å². The normalized spacial score (nSPS) is 10.9. The van der Waals surface area contributed by atoms with Crippen LogP contribution >= 0.6 is 0 Å². The lowest BCUT2D eigenvalue weighted by atomic mass is 10.2. The first-order chi connectivity index (χ1) is 14.8. The maximum atomic E-state index is 13.3. The number of hydrogen-bond acceptors (Lipinski definition) is 5. The molecule has 0 aliphatic heterocycles. The van der Waals surface area contributed by atoms with Crippen LogP contribution in [0.4, 0.5) is 11.4 Å². The Bertz CT molecular complexity index is 1160. The number of nitrogens with one attached hydrogen (secondary N) is 1. The molecule has 0 aromatic heterocycles. The number of carbonyl (C=O) groups excluding carboxylic acids is 1. The van der Waals surface area contributed by atoms with Crippen molar-refractivity contribution in [2.45, 2.75) is 11.8 Å². The molecule has 0 spiro atoms. The number of hydrogen-bond donors (Lipinski definition) is 1. The standard InChI is InChI=1S/C23H24N2O5S/c1-17-8-7-9-19(14-17)25(31(27,28)20-10-5-4-6-11-20)16-23(26)24-18-12-13-21(29-2)22(15-18)30-3/h4-15H,16H2,1-3H3,(H,24,26). The zero-order valence-corrected chi connectivity index (χ0v) is 18.3. The summed E-state index contributed by atoms with van der Waals surface area (Å²) in [7, 11) is -0.940. The van der Waals surface area contributed by atoms with Crippen molar-refractivity contribution in [3.05, 3.63) is 78.4 Å². The van der Waals surface area contributed by atoms with Crippen molar-refractivity contribution >= 4 is 27.3 Å². The van der Waals surface area contributed by atoms with E-state index in [1.807, 2.05) is 13.0 Å². The summed E-state index contributed by atoms with van der Waals surface area (Å²) in [6, 6.07) is 20.0. The predicted molar refractivity (Wildman–Crippen MR) is 120 cm³/mol. The molecule has 0 heterocycles. The minimum atomic E-state index is -3.95. The molecule has 0 bridgehead atoms. The fourth-order valence-electron chi connectivity index (χ4n) is 3.06. The molecule has 0 saturated heterocycles. The van der Waals surface area contributed by atoms with Crippen molar-refractivity contribution in [2.24, 2.45) is 0 Å². The molecule has 0 aliphatic rings. The van der Waals surface area contributed by atoms with E-state index in [2.05, 4.69) is 5.32 Å². The quantitative estimate of drug-likeness (QED) is 0.575. The summed E-state index contributed by atoms with van der Waals surface area (Å²) in [5, 5.41) is 2.73. The van der Waals surface area contributed by atoms with E-state index in [0.717, 1.165) is 9.87 Å². The Balaban J connectivity index is 1.91. The minimum absolute atomic E-state index is 0.107. The number of amides is 1. The molecule has 1 N–H and O–H groups in total. The van der Waals surface area contributed by atoms with E-state index in [4.69, 9.17) is 9.47 Å². The summed E-state index contributed by atoms with van der Waals surface area (Å²) in [6.07, 6.45) is 0. The third-order valence-electron chi connectivity index (χ3n) is 4.58. The molecule has 7 nitrogen and oxygen atoms in total. The predicted octanol–water partition coefficient (Wildman–Crippen LogP) is 3.85. The SMILES string of the molecule is COc1ccc(NC(=O)CN(c2cccc(C)c2)S(=O)(=O)c2ccccc2)cc1OC. The van der Waals surface area contributed by atoms with Gasteiger partial charge in [0.25, 0.3) is 10.0 Å². The summed E-state index contributed by atoms with van der Waals surface area (Å²) in [5.41, 5.74) is 1.75. The number of nitrogens with zero attached hydrogens (tertiary/aromatic N) is 1. The van der Waals surface area contributed by atoms with E-state index < -0.39 is 22.5 Å². The van der Waals surface area contributed by atoms with Gasteiger partial charge >= 0.3 is 0 Å². The lowest BCUT2D eigenvalue weighted by molar-refractivity contribution is -0.114. The second-order valence-electron chi connectivity index (χ2n) is 6.78. The van der Waals surface area contributed by atoms with E-state index in [1.54, 1.807) is 54.6 Å². The van der Waals surface area contributed by atoms with Crippen LogP contribution in [0, 0.1) is 6.92 Å². The van der Waals surface area contributed by atoms with Crippen LogP contribution < -0.4 is 19.1 Å². The van der Waals surface area contributed by atoms with E-state index in [-0.39, 0.29) is 4.90 Å². The molecule has 0 atom stereocenters. The number of benzene rings is 3. The molecule has 3 rings (SSSR count). The molecule has 8 heteroatoms. The molecule has 3 aromatic carbocycles. The Labute approximate surface area is 182 Å². The molecule has 1 amide bonds. The summed E-state index contributed by atoms with van der Waals surface area (Å²) in [6.45, 7) is 1.47. The Morgan fingerprint density at radius 2 is 1.61 bits per heavy atom. The second kappa shape index (κ2) is 9.53. The third-order valence-corrected chi connectivity index (χ3v) is 6.36. The van der Waals surface area contributed by atoms with Gasteiger partial charge in [-0.25, -0.2) is 8.42 Å². The second-order valence-corrected chi connectivity index (χ2v) is 8.64. The number of carbonyl (C=O) groups is 1. The Kier molecular flexibility index (Phi) is 6.81. The van der Waals surface area contributed by atoms with Crippen LogP contribution in [0.3, 0.4) is 0 Å². The summed E-state index contributed by atoms with van der Waals surface area (Å²) >= 11 is 0. The first-order valence-corrected chi connectivity index (χ1v) is 11.0. The monoisotopic (exact) mass is 440 g/mol. The van der Waals surface area contributed by atoms with Crippen LogP contribution in [0.2, 0.25) is 0 Å². The number of sulfonamides is 1. The van der Waals surface area contributed by atoms with E-state index in [9.17, 15) is 13.2 Å². The molecule has 0 aliphatic carbocycles. The van der Waals surface area contributed by atoms with Crippen LogP contribution in [-0.4, -0.2) is 35.1 Å². The average molecular weight is 441 g/mol. The zero-order chi connectivity index (χ0) is 22.4. The largest absolute Gasteiger partial charge is 0.493 e. The van der Waals surface area contributed by atoms with Crippen LogP contribution in [0.1, 0.15) is 5.56 Å². The lowest BCUT2D eigenvalue weighted by Crippen LogP contribution is -2.38. The average Bonchev–Trinajstić information content (AvgIpc) is 2.77. The summed E-state index contributed by atoms with van der Waals surface area (Å²) in [4.78, 5) is 12.9. The van der Waals surface area contributed by atoms with Crippen molar-refractivity contribution in [3.63, 3.8) is 0 Å². The van der Waals surface area contributed by atoms with Gasteiger partial charge in [0.1, 0.15) is 6.54 Å². The number of ether oxygens (including phenoxy) is 2. The van der Waals surface area contributed by atoms with Gasteiger partial charge < -0.3 is 14.8 Å². The molecule has 0 saturated carbocycles. The number of rotatable bonds is 8. The zero-order valence-electron chi connectivity index (χ0n) is 17.5. The van der Waals surface area contributed by atoms with Crippen molar-refractivity contribution in [1.29, 1.82) is 0 Å². The topological polar surface area (TPSA) is 84.9 Å². The Hall–Kier alpha value is -3.52. The molecular formula is C23H24N2O5S. The molecule has 0 unspecified atom stereocenters. The lowest BCUT2D eigenvalue weighted by Gasteiger charge is -2.24. The highest BCUT2D eigenvalue weighted by atomic mass is 32.2. The molecule has 3 aromatic rings. The van der Waals surface area contributed by atoms with Crippen molar-refractivity contribution in [1.82, 2.24) is 0 Å². The van der Waals surface area contributed by atoms with Crippen LogP contribution in [0.5, 0.6) is 11.5 Å². The van der Waals surface area contributed by atoms with Gasteiger partial charge in [-0.05, 0) is 48.9 Å². The van der Waals surface area contributed by atoms with Gasteiger partial charge in [0.2, 0.25) is 5.91 Å². The first kappa shape index (κ1) is 22.2. The fourth-order valence-corrected chi connectivity index (χ4v) is 4.50. The van der Waals surface area contributed by atoms with E-state index in [1.165, 1.54) is 26.4 Å². The van der Waals surface area contributed by atoms with Crippen LogP contribution in [0.15, 0.2) is 77.7 Å². The van der Waals surface area contributed by atoms with E-state index >= 15 is 0 Å². The van der Waals surface area contributed by atoms with Gasteiger partial charge in [-0.15, -0.1) is 0 Å². The van der Waals surface area contributed by atoms with E-state index in [0.29, 0.717) is 22.9 Å². The van der Waals surface area contributed by atoms with Gasteiger partial charge in [0.05, 0.1) is 24.8 Å². The van der Waals surface area contributed by atoms with Crippen molar-refractivity contribution in [3.8, 4) is 11.5 Å². The minimum Gasteiger partial charge on any atom is -0.493 e. The van der Waals surface area contributed by atoms with Gasteiger partial charge in [-0.1, -0.05) is 30.3 Å². The smallest absolute Gasteiger partial charge is 0.264 e. The number of aryl methyl sites for hydroxylation is 1. The molecule has 162 valence electrons.